The van der Waals surface area contributed by atoms with Crippen molar-refractivity contribution >= 4 is 66.5 Å². The van der Waals surface area contributed by atoms with Crippen LogP contribution in [0.25, 0.3) is 33.3 Å². The van der Waals surface area contributed by atoms with Gasteiger partial charge in [-0.15, -0.1) is 0 Å². The summed E-state index contributed by atoms with van der Waals surface area (Å²) in [6.45, 7) is 11.1. The lowest BCUT2D eigenvalue weighted by Gasteiger charge is -2.39. The van der Waals surface area contributed by atoms with E-state index in [-0.39, 0.29) is 23.3 Å². The normalized spacial score (nSPS) is 18.2. The molecule has 10 rings (SSSR count). The van der Waals surface area contributed by atoms with E-state index in [9.17, 15) is 23.3 Å². The van der Waals surface area contributed by atoms with Gasteiger partial charge in [-0.3, -0.25) is 34.5 Å². The number of sulfonamides is 1. The second-order valence-electron chi connectivity index (χ2n) is 18.9. The summed E-state index contributed by atoms with van der Waals surface area (Å²) < 4.78 is 42.9. The number of aromatic amines is 1. The molecule has 0 bridgehead atoms. The monoisotopic (exact) mass is 947 g/mol. The number of amides is 1. The van der Waals surface area contributed by atoms with Crippen LogP contribution in [0.5, 0.6) is 5.75 Å². The van der Waals surface area contributed by atoms with Crippen LogP contribution in [-0.4, -0.2) is 120 Å². The number of H-pyrrole nitrogens is 1. The van der Waals surface area contributed by atoms with E-state index >= 15 is 0 Å². The summed E-state index contributed by atoms with van der Waals surface area (Å²) >= 11 is 6.26. The Morgan fingerprint density at radius 2 is 1.82 bits per heavy atom. The second-order valence-corrected chi connectivity index (χ2v) is 21.1. The van der Waals surface area contributed by atoms with Gasteiger partial charge in [-0.05, 0) is 110 Å². The minimum absolute atomic E-state index is 0.0468. The van der Waals surface area contributed by atoms with E-state index in [1.54, 1.807) is 23.1 Å². The molecule has 2 N–H and O–H groups in total. The summed E-state index contributed by atoms with van der Waals surface area (Å²) in [7, 11) is -4.60. The van der Waals surface area contributed by atoms with Crippen molar-refractivity contribution in [2.45, 2.75) is 69.4 Å². The molecule has 4 aliphatic rings. The van der Waals surface area contributed by atoms with Gasteiger partial charge in [0.1, 0.15) is 5.52 Å². The number of benzene rings is 3. The molecular formula is C49H54ClN9O7S. The first-order valence-electron chi connectivity index (χ1n) is 23.0. The number of nitro benzene ring substituents is 1. The molecule has 2 aliphatic heterocycles. The van der Waals surface area contributed by atoms with Crippen LogP contribution in [0.1, 0.15) is 68.3 Å². The Bertz CT molecular complexity index is 2990. The molecule has 3 fully saturated rings. The topological polar surface area (TPSA) is 181 Å². The second kappa shape index (κ2) is 18.3. The molecule has 3 aromatic carbocycles. The third-order valence-electron chi connectivity index (χ3n) is 13.6. The summed E-state index contributed by atoms with van der Waals surface area (Å²) in [5.74, 6) is -0.958. The number of pyridine rings is 1. The molecule has 16 nitrogen and oxygen atoms in total. The van der Waals surface area contributed by atoms with Gasteiger partial charge in [0.25, 0.3) is 15.9 Å². The third-order valence-corrected chi connectivity index (χ3v) is 15.2. The van der Waals surface area contributed by atoms with Crippen LogP contribution in [0.4, 0.5) is 11.4 Å². The number of carbonyl (C=O) groups excluding carboxylic acids is 1. The minimum atomic E-state index is -4.60. The molecule has 2 aliphatic carbocycles. The van der Waals surface area contributed by atoms with Gasteiger partial charge in [-0.1, -0.05) is 43.2 Å². The third kappa shape index (κ3) is 9.65. The number of allylic oxidation sites excluding steroid dienone is 1. The number of hydrogen-bond donors (Lipinski definition) is 2. The molecule has 5 heterocycles. The molecule has 1 amide bonds. The quantitative estimate of drug-likeness (QED) is 0.0543. The molecule has 3 aromatic heterocycles. The van der Waals surface area contributed by atoms with Crippen LogP contribution in [0.3, 0.4) is 0 Å². The Labute approximate surface area is 394 Å². The number of nitro groups is 1. The summed E-state index contributed by atoms with van der Waals surface area (Å²) in [5.41, 5.74) is 6.98. The van der Waals surface area contributed by atoms with Crippen molar-refractivity contribution in [1.82, 2.24) is 34.3 Å². The summed E-state index contributed by atoms with van der Waals surface area (Å²) in [5, 5.41) is 17.0. The van der Waals surface area contributed by atoms with Crippen molar-refractivity contribution in [1.29, 1.82) is 0 Å². The Hall–Kier alpha value is -5.85. The van der Waals surface area contributed by atoms with Crippen molar-refractivity contribution in [2.75, 3.05) is 64.0 Å². The first-order valence-corrected chi connectivity index (χ1v) is 24.9. The van der Waals surface area contributed by atoms with Crippen LogP contribution in [-0.2, 0) is 14.8 Å². The first-order chi connectivity index (χ1) is 32.3. The highest BCUT2D eigenvalue weighted by atomic mass is 35.5. The number of halogens is 1. The molecule has 0 unspecified atom stereocenters. The SMILES string of the molecule is CC1(C)CCC(CN2CCN(c3ccc(C(=O)NS(=O)(=O)c4ccc(OCCCN(C5CC5)C5COC5)c([N+](=O)[O-])c4)c(-n4[nH]cc5nc6nccc6cc54)c3)CC2)=C(c2ccc(Cl)cc2)C1. The molecule has 67 heavy (non-hydrogen) atoms. The summed E-state index contributed by atoms with van der Waals surface area (Å²) in [6.07, 6.45) is 9.53. The molecule has 350 valence electrons. The molecule has 0 radical (unpaired) electrons. The van der Waals surface area contributed by atoms with Gasteiger partial charge in [-0.25, -0.2) is 23.1 Å². The van der Waals surface area contributed by atoms with Gasteiger partial charge in [0.05, 0.1) is 52.4 Å². The van der Waals surface area contributed by atoms with E-state index in [2.05, 4.69) is 60.5 Å². The molecule has 2 saturated heterocycles. The highest BCUT2D eigenvalue weighted by Gasteiger charge is 2.37. The molecule has 18 heteroatoms. The highest BCUT2D eigenvalue weighted by molar-refractivity contribution is 7.90. The fraction of sp³-hybridized carbons (Fsp3) is 0.408. The standard InChI is InChI=1S/C49H54ClN9O7S/c1-49(2)16-14-34(41(27-49)32-4-6-35(50)7-5-32)29-55-19-21-56(22-20-55)37-10-12-40(43(25-37)58-44-24-33-15-17-51-47(33)53-42(44)28-52-58)48(60)54-67(63,64)39-11-13-46(45(26-39)59(61)62)66-23-3-18-57(36-8-9-36)38-30-65-31-38/h4-7,10-13,15,17,24-26,28,36,38,52H,3,8-9,14,16,18-23,27,29-31H2,1-2H3,(H,54,60). The molecular weight excluding hydrogens is 894 g/mol. The van der Waals surface area contributed by atoms with E-state index in [0.29, 0.717) is 54.1 Å². The van der Waals surface area contributed by atoms with Crippen LogP contribution in [0.2, 0.25) is 5.02 Å². The Morgan fingerprint density at radius 1 is 1.03 bits per heavy atom. The number of anilines is 1. The number of piperazine rings is 1. The summed E-state index contributed by atoms with van der Waals surface area (Å²) in [4.78, 5) is 41.6. The zero-order valence-electron chi connectivity index (χ0n) is 37.6. The van der Waals surface area contributed by atoms with Crippen molar-refractivity contribution in [3.8, 4) is 11.4 Å². The van der Waals surface area contributed by atoms with E-state index in [0.717, 1.165) is 93.5 Å². The predicted octanol–water partition coefficient (Wildman–Crippen LogP) is 8.00. The van der Waals surface area contributed by atoms with E-state index < -0.39 is 31.4 Å². The molecule has 6 aromatic rings. The average molecular weight is 949 g/mol. The zero-order valence-corrected chi connectivity index (χ0v) is 39.2. The van der Waals surface area contributed by atoms with E-state index in [1.165, 1.54) is 28.8 Å². The fourth-order valence-electron chi connectivity index (χ4n) is 9.69. The zero-order chi connectivity index (χ0) is 46.5. The van der Waals surface area contributed by atoms with Gasteiger partial charge in [0.15, 0.2) is 11.4 Å². The van der Waals surface area contributed by atoms with Gasteiger partial charge in [-0.2, -0.15) is 0 Å². The fourth-order valence-corrected chi connectivity index (χ4v) is 10.8. The lowest BCUT2D eigenvalue weighted by molar-refractivity contribution is -0.386. The largest absolute Gasteiger partial charge is 0.487 e. The highest BCUT2D eigenvalue weighted by Crippen LogP contribution is 2.43. The van der Waals surface area contributed by atoms with Crippen LogP contribution < -0.4 is 14.4 Å². The maximum atomic E-state index is 14.3. The smallest absolute Gasteiger partial charge is 0.312 e. The van der Waals surface area contributed by atoms with Crippen molar-refractivity contribution in [3.05, 3.63) is 117 Å². The van der Waals surface area contributed by atoms with Gasteiger partial charge >= 0.3 is 5.69 Å². The summed E-state index contributed by atoms with van der Waals surface area (Å²) in [6, 6.07) is 21.6. The van der Waals surface area contributed by atoms with Crippen molar-refractivity contribution in [2.24, 2.45) is 5.41 Å². The number of fused-ring (bicyclic) bond motifs is 2. The lowest BCUT2D eigenvalue weighted by atomic mass is 9.72. The number of ether oxygens (including phenoxy) is 2. The molecule has 1 saturated carbocycles. The van der Waals surface area contributed by atoms with E-state index in [1.807, 2.05) is 36.4 Å². The Morgan fingerprint density at radius 3 is 2.55 bits per heavy atom. The molecule has 0 atom stereocenters. The van der Waals surface area contributed by atoms with Gasteiger partial charge < -0.3 is 14.4 Å². The Balaban J connectivity index is 0.878. The van der Waals surface area contributed by atoms with Crippen LogP contribution in [0.15, 0.2) is 95.7 Å². The number of rotatable bonds is 16. The number of aromatic nitrogens is 4. The lowest BCUT2D eigenvalue weighted by Crippen LogP contribution is -2.50. The van der Waals surface area contributed by atoms with Crippen LogP contribution in [0, 0.1) is 15.5 Å². The first kappa shape index (κ1) is 45.0. The average Bonchev–Trinajstić information content (AvgIpc) is 3.90. The molecule has 0 spiro atoms. The van der Waals surface area contributed by atoms with Crippen LogP contribution >= 0.6 is 11.6 Å². The number of nitrogens with zero attached hydrogens (tertiary/aromatic N) is 7. The van der Waals surface area contributed by atoms with Gasteiger partial charge in [0.2, 0.25) is 0 Å². The van der Waals surface area contributed by atoms with Crippen molar-refractivity contribution < 1.29 is 27.6 Å². The van der Waals surface area contributed by atoms with Crippen molar-refractivity contribution in [3.63, 3.8) is 0 Å². The number of hydrogen-bond acceptors (Lipinski definition) is 12. The maximum absolute atomic E-state index is 14.3. The minimum Gasteiger partial charge on any atom is -0.487 e. The number of carbonyl (C=O) groups is 1. The van der Waals surface area contributed by atoms with Gasteiger partial charge in [0, 0.05) is 79.9 Å². The predicted molar refractivity (Wildman–Crippen MR) is 258 cm³/mol. The van der Waals surface area contributed by atoms with E-state index in [4.69, 9.17) is 21.1 Å². The Kier molecular flexibility index (Phi) is 12.3. The number of nitrogens with one attached hydrogen (secondary N) is 2. The maximum Gasteiger partial charge on any atom is 0.312 e.